The molecule has 0 aliphatic rings. The van der Waals surface area contributed by atoms with E-state index in [-0.39, 0.29) is 12.6 Å². The van der Waals surface area contributed by atoms with Gasteiger partial charge in [-0.2, -0.15) is 0 Å². The van der Waals surface area contributed by atoms with Crippen LogP contribution in [0.1, 0.15) is 37.9 Å². The van der Waals surface area contributed by atoms with Crippen molar-refractivity contribution >= 4 is 0 Å². The second-order valence-corrected chi connectivity index (χ2v) is 5.37. The number of aliphatic hydroxyl groups is 1. The van der Waals surface area contributed by atoms with Crippen LogP contribution in [0.2, 0.25) is 0 Å². The Labute approximate surface area is 113 Å². The number of alkyl halides is 2. The number of benzene rings is 1. The average Bonchev–Trinajstić information content (AvgIpc) is 2.35. The highest BCUT2D eigenvalue weighted by atomic mass is 19.3. The van der Waals surface area contributed by atoms with E-state index in [2.05, 4.69) is 31.3 Å². The van der Waals surface area contributed by atoms with Crippen molar-refractivity contribution in [3.63, 3.8) is 0 Å². The summed E-state index contributed by atoms with van der Waals surface area (Å²) in [6.45, 7) is 6.13. The SMILES string of the molecule is CC(C)Cc1ccc(C(C)NCC(O)C(F)F)cc1. The lowest BCUT2D eigenvalue weighted by atomic mass is 10.00. The van der Waals surface area contributed by atoms with Gasteiger partial charge in [0.25, 0.3) is 6.43 Å². The van der Waals surface area contributed by atoms with E-state index < -0.39 is 12.5 Å². The third kappa shape index (κ3) is 5.66. The highest BCUT2D eigenvalue weighted by molar-refractivity contribution is 5.25. The van der Waals surface area contributed by atoms with Gasteiger partial charge >= 0.3 is 0 Å². The first kappa shape index (κ1) is 16.1. The Hall–Kier alpha value is -1.00. The van der Waals surface area contributed by atoms with Gasteiger partial charge in [-0.3, -0.25) is 0 Å². The van der Waals surface area contributed by atoms with Gasteiger partial charge in [-0.05, 0) is 30.4 Å². The molecule has 1 aromatic rings. The summed E-state index contributed by atoms with van der Waals surface area (Å²) in [5.74, 6) is 0.614. The maximum absolute atomic E-state index is 12.2. The molecule has 0 heterocycles. The summed E-state index contributed by atoms with van der Waals surface area (Å²) in [7, 11) is 0. The van der Waals surface area contributed by atoms with Crippen molar-refractivity contribution in [1.82, 2.24) is 5.32 Å². The van der Waals surface area contributed by atoms with Gasteiger partial charge in [-0.25, -0.2) is 8.78 Å². The molecule has 1 rings (SSSR count). The minimum absolute atomic E-state index is 0.0542. The van der Waals surface area contributed by atoms with Crippen molar-refractivity contribution in [2.45, 2.75) is 45.8 Å². The number of halogens is 2. The zero-order valence-corrected chi connectivity index (χ0v) is 11.7. The van der Waals surface area contributed by atoms with E-state index in [4.69, 9.17) is 5.11 Å². The highest BCUT2D eigenvalue weighted by Crippen LogP contribution is 2.15. The number of nitrogens with one attached hydrogen (secondary N) is 1. The number of rotatable bonds is 7. The monoisotopic (exact) mass is 271 g/mol. The van der Waals surface area contributed by atoms with E-state index in [0.717, 1.165) is 12.0 Å². The Bertz CT molecular complexity index is 365. The van der Waals surface area contributed by atoms with Crippen LogP contribution in [0.4, 0.5) is 8.78 Å². The summed E-state index contributed by atoms with van der Waals surface area (Å²) in [5, 5.41) is 12.0. The van der Waals surface area contributed by atoms with Crippen molar-refractivity contribution in [3.8, 4) is 0 Å². The zero-order valence-electron chi connectivity index (χ0n) is 11.7. The molecule has 0 radical (unpaired) electrons. The Morgan fingerprint density at radius 2 is 1.68 bits per heavy atom. The number of hydrogen-bond acceptors (Lipinski definition) is 2. The number of aliphatic hydroxyl groups excluding tert-OH is 1. The lowest BCUT2D eigenvalue weighted by Gasteiger charge is -2.17. The summed E-state index contributed by atoms with van der Waals surface area (Å²) in [6.07, 6.45) is -3.28. The van der Waals surface area contributed by atoms with E-state index in [9.17, 15) is 8.78 Å². The molecule has 0 aliphatic carbocycles. The fourth-order valence-electron chi connectivity index (χ4n) is 1.92. The van der Waals surface area contributed by atoms with E-state index in [0.29, 0.717) is 5.92 Å². The maximum Gasteiger partial charge on any atom is 0.265 e. The van der Waals surface area contributed by atoms with E-state index in [1.165, 1.54) is 5.56 Å². The van der Waals surface area contributed by atoms with Crippen LogP contribution in [-0.4, -0.2) is 24.2 Å². The lowest BCUT2D eigenvalue weighted by molar-refractivity contribution is -0.00439. The molecule has 0 fully saturated rings. The molecule has 2 N–H and O–H groups in total. The molecular weight excluding hydrogens is 248 g/mol. The smallest absolute Gasteiger partial charge is 0.265 e. The molecule has 0 spiro atoms. The third-order valence-electron chi connectivity index (χ3n) is 3.05. The van der Waals surface area contributed by atoms with Crippen LogP contribution in [0, 0.1) is 5.92 Å². The minimum atomic E-state index is -2.70. The molecule has 2 atom stereocenters. The van der Waals surface area contributed by atoms with Gasteiger partial charge in [0.15, 0.2) is 0 Å². The van der Waals surface area contributed by atoms with Crippen LogP contribution < -0.4 is 5.32 Å². The summed E-state index contributed by atoms with van der Waals surface area (Å²) in [4.78, 5) is 0. The minimum Gasteiger partial charge on any atom is -0.386 e. The second-order valence-electron chi connectivity index (χ2n) is 5.37. The summed E-state index contributed by atoms with van der Waals surface area (Å²) in [5.41, 5.74) is 2.31. The third-order valence-corrected chi connectivity index (χ3v) is 3.05. The predicted octanol–water partition coefficient (Wildman–Crippen LogP) is 3.16. The lowest BCUT2D eigenvalue weighted by Crippen LogP contribution is -2.33. The van der Waals surface area contributed by atoms with E-state index >= 15 is 0 Å². The molecule has 0 amide bonds. The van der Waals surface area contributed by atoms with Gasteiger partial charge in [-0.15, -0.1) is 0 Å². The molecule has 0 aromatic heterocycles. The fraction of sp³-hybridized carbons (Fsp3) is 0.600. The largest absolute Gasteiger partial charge is 0.386 e. The van der Waals surface area contributed by atoms with Crippen LogP contribution in [0.25, 0.3) is 0 Å². The molecule has 0 saturated heterocycles. The molecule has 0 saturated carbocycles. The fourth-order valence-corrected chi connectivity index (χ4v) is 1.92. The summed E-state index contributed by atoms with van der Waals surface area (Å²) >= 11 is 0. The van der Waals surface area contributed by atoms with Gasteiger partial charge in [0.1, 0.15) is 6.10 Å². The predicted molar refractivity (Wildman–Crippen MR) is 73.4 cm³/mol. The van der Waals surface area contributed by atoms with Crippen molar-refractivity contribution in [2.24, 2.45) is 5.92 Å². The highest BCUT2D eigenvalue weighted by Gasteiger charge is 2.17. The average molecular weight is 271 g/mol. The zero-order chi connectivity index (χ0) is 14.4. The number of hydrogen-bond donors (Lipinski definition) is 2. The van der Waals surface area contributed by atoms with Gasteiger partial charge in [-0.1, -0.05) is 38.1 Å². The van der Waals surface area contributed by atoms with Crippen molar-refractivity contribution in [3.05, 3.63) is 35.4 Å². The quantitative estimate of drug-likeness (QED) is 0.798. The summed E-state index contributed by atoms with van der Waals surface area (Å²) < 4.78 is 24.3. The summed E-state index contributed by atoms with van der Waals surface area (Å²) in [6, 6.07) is 8.09. The van der Waals surface area contributed by atoms with E-state index in [1.807, 2.05) is 19.1 Å². The first-order chi connectivity index (χ1) is 8.90. The molecule has 1 aromatic carbocycles. The Kier molecular flexibility index (Phi) is 6.38. The van der Waals surface area contributed by atoms with Crippen LogP contribution in [0.3, 0.4) is 0 Å². The molecule has 108 valence electrons. The molecule has 0 bridgehead atoms. The molecule has 19 heavy (non-hydrogen) atoms. The Morgan fingerprint density at radius 1 is 1.11 bits per heavy atom. The molecule has 4 heteroatoms. The van der Waals surface area contributed by atoms with Gasteiger partial charge < -0.3 is 10.4 Å². The van der Waals surface area contributed by atoms with Crippen LogP contribution >= 0.6 is 0 Å². The van der Waals surface area contributed by atoms with Crippen molar-refractivity contribution < 1.29 is 13.9 Å². The first-order valence-electron chi connectivity index (χ1n) is 6.68. The second kappa shape index (κ2) is 7.56. The topological polar surface area (TPSA) is 32.3 Å². The Morgan fingerprint density at radius 3 is 2.16 bits per heavy atom. The molecular formula is C15H23F2NO. The van der Waals surface area contributed by atoms with Crippen molar-refractivity contribution in [1.29, 1.82) is 0 Å². The normalized spacial score (nSPS) is 14.9. The van der Waals surface area contributed by atoms with Crippen LogP contribution in [0.15, 0.2) is 24.3 Å². The molecule has 0 aliphatic heterocycles. The molecule has 2 nitrogen and oxygen atoms in total. The van der Waals surface area contributed by atoms with E-state index in [1.54, 1.807) is 0 Å². The van der Waals surface area contributed by atoms with Crippen LogP contribution in [-0.2, 0) is 6.42 Å². The Balaban J connectivity index is 2.50. The standard InChI is InChI=1S/C15H23F2NO/c1-10(2)8-12-4-6-13(7-5-12)11(3)18-9-14(19)15(16)17/h4-7,10-11,14-15,18-19H,8-9H2,1-3H3. The first-order valence-corrected chi connectivity index (χ1v) is 6.68. The molecule has 2 unspecified atom stereocenters. The van der Waals surface area contributed by atoms with Gasteiger partial charge in [0, 0.05) is 12.6 Å². The van der Waals surface area contributed by atoms with Crippen molar-refractivity contribution in [2.75, 3.05) is 6.54 Å². The van der Waals surface area contributed by atoms with Gasteiger partial charge in [0.2, 0.25) is 0 Å². The van der Waals surface area contributed by atoms with Gasteiger partial charge in [0.05, 0.1) is 0 Å². The maximum atomic E-state index is 12.2. The van der Waals surface area contributed by atoms with Crippen LogP contribution in [0.5, 0.6) is 0 Å².